The third-order valence-electron chi connectivity index (χ3n) is 4.52. The molecule has 0 aromatic heterocycles. The molecule has 20 heavy (non-hydrogen) atoms. The van der Waals surface area contributed by atoms with E-state index in [9.17, 15) is 14.7 Å². The summed E-state index contributed by atoms with van der Waals surface area (Å²) in [6.07, 6.45) is 2.18. The first-order chi connectivity index (χ1) is 9.43. The lowest BCUT2D eigenvalue weighted by atomic mass is 10.1. The van der Waals surface area contributed by atoms with Gasteiger partial charge in [0.05, 0.1) is 19.3 Å². The number of morpholine rings is 1. The molecule has 6 nitrogen and oxygen atoms in total. The number of rotatable bonds is 3. The van der Waals surface area contributed by atoms with E-state index in [1.807, 2.05) is 6.92 Å². The van der Waals surface area contributed by atoms with Crippen LogP contribution in [0.2, 0.25) is 0 Å². The third kappa shape index (κ3) is 2.81. The van der Waals surface area contributed by atoms with E-state index in [1.54, 1.807) is 0 Å². The highest BCUT2D eigenvalue weighted by Crippen LogP contribution is 2.27. The Bertz CT molecular complexity index is 377. The Balaban J connectivity index is 2.10. The van der Waals surface area contributed by atoms with E-state index in [1.165, 1.54) is 4.90 Å². The molecule has 1 amide bonds. The van der Waals surface area contributed by atoms with Crippen molar-refractivity contribution in [2.75, 3.05) is 19.8 Å². The van der Waals surface area contributed by atoms with Crippen molar-refractivity contribution in [1.82, 2.24) is 9.80 Å². The summed E-state index contributed by atoms with van der Waals surface area (Å²) >= 11 is 0. The molecule has 2 rings (SSSR count). The summed E-state index contributed by atoms with van der Waals surface area (Å²) in [5.74, 6) is -1.09. The van der Waals surface area contributed by atoms with Gasteiger partial charge in [0.25, 0.3) is 0 Å². The topological polar surface area (TPSA) is 70.1 Å². The maximum atomic E-state index is 12.7. The number of likely N-dealkylation sites (tertiary alicyclic amines) is 1. The molecule has 2 fully saturated rings. The van der Waals surface area contributed by atoms with Crippen LogP contribution in [0.15, 0.2) is 0 Å². The molecule has 0 spiro atoms. The first-order valence-electron chi connectivity index (χ1n) is 7.32. The lowest BCUT2D eigenvalue weighted by Gasteiger charge is -2.39. The van der Waals surface area contributed by atoms with Crippen LogP contribution in [0.3, 0.4) is 0 Å². The van der Waals surface area contributed by atoms with E-state index in [2.05, 4.69) is 18.7 Å². The van der Waals surface area contributed by atoms with Crippen LogP contribution >= 0.6 is 0 Å². The summed E-state index contributed by atoms with van der Waals surface area (Å²) in [6, 6.07) is -0.393. The minimum absolute atomic E-state index is 0.0822. The molecule has 1 N–H and O–H groups in total. The van der Waals surface area contributed by atoms with Crippen molar-refractivity contribution in [2.24, 2.45) is 0 Å². The fourth-order valence-corrected chi connectivity index (χ4v) is 3.42. The number of aliphatic carboxylic acids is 1. The number of carboxylic acids is 1. The van der Waals surface area contributed by atoms with Crippen LogP contribution in [-0.4, -0.2) is 70.7 Å². The standard InChI is InChI=1S/C14H24N2O4/c1-9-4-5-10(2)16(9)11(3)13(17)15-6-7-20-8-12(15)14(18)19/h9-12H,4-8H2,1-3H3,(H,18,19). The van der Waals surface area contributed by atoms with Crippen LogP contribution in [0.5, 0.6) is 0 Å². The van der Waals surface area contributed by atoms with Gasteiger partial charge in [0.1, 0.15) is 0 Å². The van der Waals surface area contributed by atoms with E-state index in [-0.39, 0.29) is 18.6 Å². The molecular weight excluding hydrogens is 260 g/mol. The van der Waals surface area contributed by atoms with Gasteiger partial charge in [-0.05, 0) is 33.6 Å². The molecule has 6 heteroatoms. The quantitative estimate of drug-likeness (QED) is 0.820. The normalized spacial score (nSPS) is 33.1. The highest BCUT2D eigenvalue weighted by Gasteiger charge is 2.40. The Labute approximate surface area is 119 Å². The highest BCUT2D eigenvalue weighted by atomic mass is 16.5. The zero-order chi connectivity index (χ0) is 14.9. The lowest BCUT2D eigenvalue weighted by molar-refractivity contribution is -0.161. The summed E-state index contributed by atoms with van der Waals surface area (Å²) < 4.78 is 5.18. The van der Waals surface area contributed by atoms with Gasteiger partial charge in [-0.1, -0.05) is 0 Å². The first-order valence-corrected chi connectivity index (χ1v) is 7.32. The second-order valence-corrected chi connectivity index (χ2v) is 5.86. The van der Waals surface area contributed by atoms with E-state index >= 15 is 0 Å². The van der Waals surface area contributed by atoms with Gasteiger partial charge in [0.15, 0.2) is 6.04 Å². The third-order valence-corrected chi connectivity index (χ3v) is 4.52. The van der Waals surface area contributed by atoms with Crippen LogP contribution in [-0.2, 0) is 14.3 Å². The Hall–Kier alpha value is -1.14. The lowest BCUT2D eigenvalue weighted by Crippen LogP contribution is -2.58. The molecule has 0 saturated carbocycles. The monoisotopic (exact) mass is 284 g/mol. The first kappa shape index (κ1) is 15.3. The maximum Gasteiger partial charge on any atom is 0.328 e. The SMILES string of the molecule is CC1CCC(C)N1C(C)C(=O)N1CCOCC1C(=O)O. The fourth-order valence-electron chi connectivity index (χ4n) is 3.42. The molecule has 4 unspecified atom stereocenters. The van der Waals surface area contributed by atoms with Crippen LogP contribution in [0.25, 0.3) is 0 Å². The molecule has 114 valence electrons. The number of carbonyl (C=O) groups is 2. The van der Waals surface area contributed by atoms with Crippen molar-refractivity contribution in [1.29, 1.82) is 0 Å². The minimum atomic E-state index is -0.993. The summed E-state index contributed by atoms with van der Waals surface area (Å²) in [5.41, 5.74) is 0. The fraction of sp³-hybridized carbons (Fsp3) is 0.857. The second kappa shape index (κ2) is 6.10. The van der Waals surface area contributed by atoms with E-state index < -0.39 is 12.0 Å². The molecule has 0 aromatic rings. The van der Waals surface area contributed by atoms with E-state index in [4.69, 9.17) is 4.74 Å². The van der Waals surface area contributed by atoms with Gasteiger partial charge >= 0.3 is 5.97 Å². The Morgan fingerprint density at radius 1 is 1.25 bits per heavy atom. The second-order valence-electron chi connectivity index (χ2n) is 5.86. The van der Waals surface area contributed by atoms with Gasteiger partial charge < -0.3 is 14.7 Å². The van der Waals surface area contributed by atoms with Crippen LogP contribution in [0, 0.1) is 0 Å². The molecule has 0 radical (unpaired) electrons. The largest absolute Gasteiger partial charge is 0.480 e. The Morgan fingerprint density at radius 3 is 2.40 bits per heavy atom. The van der Waals surface area contributed by atoms with Crippen molar-refractivity contribution in [3.63, 3.8) is 0 Å². The molecule has 2 heterocycles. The van der Waals surface area contributed by atoms with Gasteiger partial charge in [0, 0.05) is 18.6 Å². The average molecular weight is 284 g/mol. The number of amides is 1. The van der Waals surface area contributed by atoms with E-state index in [0.29, 0.717) is 25.2 Å². The molecular formula is C14H24N2O4. The zero-order valence-corrected chi connectivity index (χ0v) is 12.4. The molecule has 2 saturated heterocycles. The smallest absolute Gasteiger partial charge is 0.328 e. The van der Waals surface area contributed by atoms with Crippen molar-refractivity contribution in [3.8, 4) is 0 Å². The van der Waals surface area contributed by atoms with Crippen LogP contribution in [0.1, 0.15) is 33.6 Å². The Kier molecular flexibility index (Phi) is 4.65. The number of hydrogen-bond donors (Lipinski definition) is 1. The highest BCUT2D eigenvalue weighted by molar-refractivity contribution is 5.87. The number of hydrogen-bond acceptors (Lipinski definition) is 4. The minimum Gasteiger partial charge on any atom is -0.480 e. The van der Waals surface area contributed by atoms with Crippen LogP contribution in [0.4, 0.5) is 0 Å². The average Bonchev–Trinajstić information content (AvgIpc) is 2.76. The molecule has 0 aliphatic carbocycles. The zero-order valence-electron chi connectivity index (χ0n) is 12.4. The molecule has 0 aromatic carbocycles. The number of nitrogens with zero attached hydrogens (tertiary/aromatic N) is 2. The molecule has 4 atom stereocenters. The molecule has 0 bridgehead atoms. The van der Waals surface area contributed by atoms with Crippen molar-refractivity contribution >= 4 is 11.9 Å². The van der Waals surface area contributed by atoms with Crippen molar-refractivity contribution in [3.05, 3.63) is 0 Å². The summed E-state index contributed by atoms with van der Waals surface area (Å²) in [6.45, 7) is 6.99. The van der Waals surface area contributed by atoms with Gasteiger partial charge in [-0.25, -0.2) is 4.79 Å². The van der Waals surface area contributed by atoms with Gasteiger partial charge in [-0.3, -0.25) is 9.69 Å². The van der Waals surface area contributed by atoms with Crippen molar-refractivity contribution < 1.29 is 19.4 Å². The van der Waals surface area contributed by atoms with Gasteiger partial charge in [-0.15, -0.1) is 0 Å². The predicted octanol–water partition coefficient (Wildman–Crippen LogP) is 0.560. The van der Waals surface area contributed by atoms with Crippen LogP contribution < -0.4 is 0 Å². The van der Waals surface area contributed by atoms with Crippen molar-refractivity contribution in [2.45, 2.75) is 57.8 Å². The van der Waals surface area contributed by atoms with Gasteiger partial charge in [0.2, 0.25) is 5.91 Å². The van der Waals surface area contributed by atoms with Gasteiger partial charge in [-0.2, -0.15) is 0 Å². The summed E-state index contributed by atoms with van der Waals surface area (Å²) in [4.78, 5) is 27.6. The Morgan fingerprint density at radius 2 is 1.85 bits per heavy atom. The summed E-state index contributed by atoms with van der Waals surface area (Å²) in [7, 11) is 0. The maximum absolute atomic E-state index is 12.7. The summed E-state index contributed by atoms with van der Waals surface area (Å²) in [5, 5.41) is 9.22. The number of carboxylic acid groups (broad SMARTS) is 1. The molecule has 2 aliphatic rings. The molecule has 2 aliphatic heterocycles. The predicted molar refractivity (Wildman–Crippen MR) is 73.4 cm³/mol. The number of carbonyl (C=O) groups excluding carboxylic acids is 1. The van der Waals surface area contributed by atoms with E-state index in [0.717, 1.165) is 12.8 Å². The number of ether oxygens (including phenoxy) is 1.